The van der Waals surface area contributed by atoms with Crippen LogP contribution in [0.4, 0.5) is 0 Å². The van der Waals surface area contributed by atoms with Crippen molar-refractivity contribution in [1.29, 1.82) is 0 Å². The first-order chi connectivity index (χ1) is 3.85. The van der Waals surface area contributed by atoms with Crippen molar-refractivity contribution in [1.82, 2.24) is 0 Å². The molecule has 0 rings (SSSR count). The first-order valence-corrected chi connectivity index (χ1v) is 3.16. The highest BCUT2D eigenvalue weighted by Gasteiger charge is 1.99. The van der Waals surface area contributed by atoms with Crippen LogP contribution in [0.2, 0.25) is 0 Å². The zero-order valence-electron chi connectivity index (χ0n) is 5.43. The number of aliphatic hydroxyl groups excluding tert-OH is 1. The predicted octanol–water partition coefficient (Wildman–Crippen LogP) is 0.354. The number of nitrogens with two attached hydrogens (primary N) is 1. The zero-order chi connectivity index (χ0) is 6.41. The molecule has 0 aromatic rings. The van der Waals surface area contributed by atoms with Gasteiger partial charge in [-0.3, -0.25) is 0 Å². The quantitative estimate of drug-likeness (QED) is 0.558. The molecular weight excluding hydrogens is 102 g/mol. The van der Waals surface area contributed by atoms with Crippen molar-refractivity contribution in [2.24, 2.45) is 11.7 Å². The summed E-state index contributed by atoms with van der Waals surface area (Å²) in [7, 11) is 0. The topological polar surface area (TPSA) is 46.2 Å². The van der Waals surface area contributed by atoms with E-state index in [1.807, 2.05) is 0 Å². The lowest BCUT2D eigenvalue weighted by Gasteiger charge is -2.07. The van der Waals surface area contributed by atoms with Gasteiger partial charge in [0.05, 0.1) is 0 Å². The van der Waals surface area contributed by atoms with E-state index < -0.39 is 0 Å². The van der Waals surface area contributed by atoms with Crippen LogP contribution in [0.1, 0.15) is 19.8 Å². The fourth-order valence-electron chi connectivity index (χ4n) is 0.671. The first kappa shape index (κ1) is 7.92. The molecule has 0 radical (unpaired) electrons. The molecular formula is C6H15NO. The average molecular weight is 117 g/mol. The maximum Gasteiger partial charge on any atom is 0.0434 e. The summed E-state index contributed by atoms with van der Waals surface area (Å²) in [6, 6.07) is 0. The lowest BCUT2D eigenvalue weighted by atomic mass is 10.0. The van der Waals surface area contributed by atoms with Gasteiger partial charge < -0.3 is 10.8 Å². The summed E-state index contributed by atoms with van der Waals surface area (Å²) in [5.41, 5.74) is 5.36. The van der Waals surface area contributed by atoms with E-state index in [4.69, 9.17) is 10.8 Å². The molecule has 0 aliphatic carbocycles. The van der Waals surface area contributed by atoms with Crippen LogP contribution in [0.25, 0.3) is 0 Å². The molecule has 8 heavy (non-hydrogen) atoms. The van der Waals surface area contributed by atoms with Crippen LogP contribution in [0.15, 0.2) is 0 Å². The highest BCUT2D eigenvalue weighted by molar-refractivity contribution is 4.55. The Hall–Kier alpha value is -0.0800. The number of hydrogen-bond acceptors (Lipinski definition) is 2. The van der Waals surface area contributed by atoms with Crippen LogP contribution in [-0.2, 0) is 0 Å². The monoisotopic (exact) mass is 117 g/mol. The van der Waals surface area contributed by atoms with Crippen LogP contribution in [0.5, 0.6) is 0 Å². The molecule has 0 aliphatic rings. The summed E-state index contributed by atoms with van der Waals surface area (Å²) in [4.78, 5) is 0. The smallest absolute Gasteiger partial charge is 0.0434 e. The number of aliphatic hydroxyl groups is 1. The second-order valence-corrected chi connectivity index (χ2v) is 2.02. The Morgan fingerprint density at radius 2 is 2.25 bits per heavy atom. The second kappa shape index (κ2) is 5.06. The van der Waals surface area contributed by atoms with Crippen LogP contribution in [0, 0.1) is 5.92 Å². The molecule has 0 bridgehead atoms. The molecule has 1 atom stereocenters. The summed E-state index contributed by atoms with van der Waals surface area (Å²) in [5.74, 6) is 0.528. The van der Waals surface area contributed by atoms with Crippen molar-refractivity contribution >= 4 is 0 Å². The highest BCUT2D eigenvalue weighted by Crippen LogP contribution is 2.03. The predicted molar refractivity (Wildman–Crippen MR) is 34.5 cm³/mol. The van der Waals surface area contributed by atoms with Crippen LogP contribution in [0.3, 0.4) is 0 Å². The van der Waals surface area contributed by atoms with E-state index in [2.05, 4.69) is 6.92 Å². The molecule has 0 aliphatic heterocycles. The summed E-state index contributed by atoms with van der Waals surface area (Å²) in [5, 5.41) is 8.44. The molecule has 50 valence electrons. The van der Waals surface area contributed by atoms with Gasteiger partial charge >= 0.3 is 0 Å². The van der Waals surface area contributed by atoms with E-state index in [1.165, 1.54) is 0 Å². The molecule has 0 fully saturated rings. The van der Waals surface area contributed by atoms with Crippen molar-refractivity contribution in [2.75, 3.05) is 13.2 Å². The Labute approximate surface area is 50.7 Å². The van der Waals surface area contributed by atoms with Crippen molar-refractivity contribution in [3.8, 4) is 0 Å². The number of hydrogen-bond donors (Lipinski definition) is 2. The lowest BCUT2D eigenvalue weighted by Crippen LogP contribution is -2.14. The van der Waals surface area contributed by atoms with Gasteiger partial charge in [-0.2, -0.15) is 0 Å². The molecule has 2 heteroatoms. The van der Waals surface area contributed by atoms with Gasteiger partial charge in [0.25, 0.3) is 0 Å². The Bertz CT molecular complexity index is 43.8. The molecule has 0 saturated carbocycles. The molecule has 0 aromatic heterocycles. The van der Waals surface area contributed by atoms with Crippen LogP contribution >= 0.6 is 0 Å². The molecule has 0 heterocycles. The van der Waals surface area contributed by atoms with Gasteiger partial charge in [-0.05, 0) is 18.9 Å². The minimum absolute atomic E-state index is 0.274. The summed E-state index contributed by atoms with van der Waals surface area (Å²) >= 11 is 0. The minimum atomic E-state index is 0.274. The summed E-state index contributed by atoms with van der Waals surface area (Å²) in [6.07, 6.45) is 1.93. The van der Waals surface area contributed by atoms with Gasteiger partial charge in [0.15, 0.2) is 0 Å². The second-order valence-electron chi connectivity index (χ2n) is 2.02. The van der Waals surface area contributed by atoms with E-state index in [0.29, 0.717) is 12.5 Å². The number of rotatable bonds is 4. The molecule has 3 N–H and O–H groups in total. The van der Waals surface area contributed by atoms with E-state index in [0.717, 1.165) is 12.8 Å². The van der Waals surface area contributed by atoms with Crippen molar-refractivity contribution < 1.29 is 5.11 Å². The maximum atomic E-state index is 8.44. The molecule has 0 spiro atoms. The largest absolute Gasteiger partial charge is 0.396 e. The van der Waals surface area contributed by atoms with Crippen LogP contribution < -0.4 is 5.73 Å². The van der Waals surface area contributed by atoms with E-state index in [-0.39, 0.29) is 6.61 Å². The molecule has 2 nitrogen and oxygen atoms in total. The van der Waals surface area contributed by atoms with Crippen LogP contribution in [-0.4, -0.2) is 18.3 Å². The molecule has 0 saturated heterocycles. The van der Waals surface area contributed by atoms with Gasteiger partial charge in [0.1, 0.15) is 0 Å². The summed E-state index contributed by atoms with van der Waals surface area (Å²) in [6.45, 7) is 3.07. The van der Waals surface area contributed by atoms with E-state index in [1.54, 1.807) is 0 Å². The Balaban J connectivity index is 3.07. The van der Waals surface area contributed by atoms with Crippen molar-refractivity contribution in [2.45, 2.75) is 19.8 Å². The van der Waals surface area contributed by atoms with E-state index in [9.17, 15) is 0 Å². The SMILES string of the molecule is CC[C@H](CN)CCO. The van der Waals surface area contributed by atoms with Gasteiger partial charge in [0, 0.05) is 6.61 Å². The zero-order valence-corrected chi connectivity index (χ0v) is 5.43. The molecule has 0 unspecified atom stereocenters. The Morgan fingerprint density at radius 3 is 2.38 bits per heavy atom. The van der Waals surface area contributed by atoms with E-state index >= 15 is 0 Å². The van der Waals surface area contributed by atoms with Gasteiger partial charge in [-0.1, -0.05) is 13.3 Å². The Morgan fingerprint density at radius 1 is 1.62 bits per heavy atom. The fraction of sp³-hybridized carbons (Fsp3) is 1.00. The standard InChI is InChI=1S/C6H15NO/c1-2-6(5-7)3-4-8/h6,8H,2-5,7H2,1H3/t6-/m0/s1. The third-order valence-corrected chi connectivity index (χ3v) is 1.45. The third-order valence-electron chi connectivity index (χ3n) is 1.45. The molecule has 0 aromatic carbocycles. The fourth-order valence-corrected chi connectivity index (χ4v) is 0.671. The molecule has 0 amide bonds. The highest BCUT2D eigenvalue weighted by atomic mass is 16.3. The van der Waals surface area contributed by atoms with Crippen molar-refractivity contribution in [3.63, 3.8) is 0 Å². The first-order valence-electron chi connectivity index (χ1n) is 3.16. The van der Waals surface area contributed by atoms with Gasteiger partial charge in [0.2, 0.25) is 0 Å². The van der Waals surface area contributed by atoms with Gasteiger partial charge in [-0.15, -0.1) is 0 Å². The maximum absolute atomic E-state index is 8.44. The summed E-state index contributed by atoms with van der Waals surface area (Å²) < 4.78 is 0. The normalized spacial score (nSPS) is 13.9. The lowest BCUT2D eigenvalue weighted by molar-refractivity contribution is 0.256. The Kier molecular flexibility index (Phi) is 5.01. The third kappa shape index (κ3) is 2.99. The van der Waals surface area contributed by atoms with Crippen molar-refractivity contribution in [3.05, 3.63) is 0 Å². The average Bonchev–Trinajstić information content (AvgIpc) is 1.83. The van der Waals surface area contributed by atoms with Gasteiger partial charge in [-0.25, -0.2) is 0 Å². The minimum Gasteiger partial charge on any atom is -0.396 e.